The number of aromatic nitrogens is 8. The number of ether oxygens (including phenoxy) is 1. The number of methoxy groups -OCH3 is 1. The van der Waals surface area contributed by atoms with Crippen molar-refractivity contribution < 1.29 is 4.74 Å². The minimum Gasteiger partial charge on any atom is -0.480 e. The van der Waals surface area contributed by atoms with Crippen molar-refractivity contribution in [3.63, 3.8) is 0 Å². The lowest BCUT2D eigenvalue weighted by Crippen LogP contribution is -2.10. The summed E-state index contributed by atoms with van der Waals surface area (Å²) in [5.74, 6) is 2.46. The van der Waals surface area contributed by atoms with Gasteiger partial charge in [0.2, 0.25) is 5.88 Å². The smallest absolute Gasteiger partial charge is 0.227 e. The fourth-order valence-corrected chi connectivity index (χ4v) is 4.72. The molecule has 1 aromatic carbocycles. The van der Waals surface area contributed by atoms with Crippen LogP contribution in [0.5, 0.6) is 5.88 Å². The Bertz CT molecular complexity index is 1550. The highest BCUT2D eigenvalue weighted by molar-refractivity contribution is 5.77. The molecule has 1 aliphatic rings. The number of nitrogens with zero attached hydrogens (tertiary/aromatic N) is 8. The van der Waals surface area contributed by atoms with E-state index in [-0.39, 0.29) is 6.04 Å². The fourth-order valence-electron chi connectivity index (χ4n) is 4.72. The van der Waals surface area contributed by atoms with Crippen LogP contribution in [-0.2, 0) is 6.54 Å². The summed E-state index contributed by atoms with van der Waals surface area (Å²) in [6.45, 7) is 7.16. The van der Waals surface area contributed by atoms with E-state index in [1.165, 1.54) is 0 Å². The molecule has 4 heterocycles. The van der Waals surface area contributed by atoms with Crippen LogP contribution < -0.4 is 4.74 Å². The minimum atomic E-state index is -0.0243. The zero-order valence-corrected chi connectivity index (χ0v) is 20.9. The molecule has 0 amide bonds. The maximum absolute atomic E-state index is 5.56. The summed E-state index contributed by atoms with van der Waals surface area (Å²) in [5.41, 5.74) is 5.75. The van der Waals surface area contributed by atoms with Gasteiger partial charge in [-0.25, -0.2) is 29.6 Å². The molecule has 0 unspecified atom stereocenters. The molecule has 9 heteroatoms. The number of aryl methyl sites for hydroxylation is 2. The Morgan fingerprint density at radius 2 is 1.86 bits per heavy atom. The first kappa shape index (κ1) is 22.3. The van der Waals surface area contributed by atoms with Gasteiger partial charge in [0.05, 0.1) is 36.1 Å². The average Bonchev–Trinajstić information content (AvgIpc) is 3.57. The van der Waals surface area contributed by atoms with Crippen molar-refractivity contribution in [1.29, 1.82) is 0 Å². The zero-order valence-electron chi connectivity index (χ0n) is 20.9. The number of imidazole rings is 1. The molecule has 0 bridgehead atoms. The topological polar surface area (TPSA) is 96.4 Å². The van der Waals surface area contributed by atoms with E-state index in [4.69, 9.17) is 14.7 Å². The van der Waals surface area contributed by atoms with Gasteiger partial charge in [-0.05, 0) is 39.2 Å². The highest BCUT2D eigenvalue weighted by Crippen LogP contribution is 2.45. The monoisotopic (exact) mass is 480 g/mol. The largest absolute Gasteiger partial charge is 0.480 e. The Morgan fingerprint density at radius 3 is 2.58 bits per heavy atom. The van der Waals surface area contributed by atoms with E-state index in [0.29, 0.717) is 17.6 Å². The highest BCUT2D eigenvalue weighted by Gasteiger charge is 2.31. The second kappa shape index (κ2) is 8.82. The Balaban J connectivity index is 1.37. The summed E-state index contributed by atoms with van der Waals surface area (Å²) in [5, 5.41) is 5.55. The summed E-state index contributed by atoms with van der Waals surface area (Å²) in [6.07, 6.45) is 9.48. The van der Waals surface area contributed by atoms with Gasteiger partial charge in [0.25, 0.3) is 0 Å². The minimum absolute atomic E-state index is 0.0243. The van der Waals surface area contributed by atoms with Gasteiger partial charge in [0.1, 0.15) is 17.7 Å². The number of hydrogen-bond acceptors (Lipinski definition) is 7. The molecule has 1 saturated carbocycles. The summed E-state index contributed by atoms with van der Waals surface area (Å²) in [6, 6.07) is 8.50. The number of hydrogen-bond donors (Lipinski definition) is 0. The Kier molecular flexibility index (Phi) is 5.47. The molecule has 1 fully saturated rings. The lowest BCUT2D eigenvalue weighted by Gasteiger charge is -2.15. The van der Waals surface area contributed by atoms with Crippen LogP contribution in [0.25, 0.3) is 33.8 Å². The van der Waals surface area contributed by atoms with Crippen molar-refractivity contribution in [2.75, 3.05) is 7.11 Å². The molecular formula is C27H28N8O. The van der Waals surface area contributed by atoms with Crippen molar-refractivity contribution in [3.8, 4) is 28.7 Å². The van der Waals surface area contributed by atoms with Gasteiger partial charge in [-0.1, -0.05) is 24.3 Å². The third kappa shape index (κ3) is 3.80. The predicted molar refractivity (Wildman–Crippen MR) is 137 cm³/mol. The molecular weight excluding hydrogens is 452 g/mol. The van der Waals surface area contributed by atoms with Crippen LogP contribution in [0.15, 0.2) is 49.2 Å². The molecule has 0 saturated heterocycles. The quantitative estimate of drug-likeness (QED) is 0.324. The maximum Gasteiger partial charge on any atom is 0.227 e. The molecule has 1 atom stereocenters. The van der Waals surface area contributed by atoms with Gasteiger partial charge in [-0.3, -0.25) is 0 Å². The predicted octanol–water partition coefficient (Wildman–Crippen LogP) is 4.97. The molecule has 0 radical (unpaired) electrons. The summed E-state index contributed by atoms with van der Waals surface area (Å²) >= 11 is 0. The molecule has 182 valence electrons. The van der Waals surface area contributed by atoms with Gasteiger partial charge in [-0.2, -0.15) is 5.10 Å². The Labute approximate surface area is 209 Å². The first-order valence-corrected chi connectivity index (χ1v) is 12.3. The highest BCUT2D eigenvalue weighted by atomic mass is 16.5. The van der Waals surface area contributed by atoms with Gasteiger partial charge in [0.15, 0.2) is 11.5 Å². The number of rotatable bonds is 7. The van der Waals surface area contributed by atoms with Crippen molar-refractivity contribution in [2.24, 2.45) is 0 Å². The van der Waals surface area contributed by atoms with Crippen molar-refractivity contribution in [1.82, 2.24) is 39.3 Å². The van der Waals surface area contributed by atoms with Crippen molar-refractivity contribution in [3.05, 3.63) is 66.1 Å². The molecule has 36 heavy (non-hydrogen) atoms. The molecule has 9 nitrogen and oxygen atoms in total. The molecule has 4 aromatic heterocycles. The maximum atomic E-state index is 5.56. The standard InChI is InChI=1S/C27H28N8O/c1-5-34-14-16(2)32-25(34)20-10-6-18(7-11-20)17(3)35-26-21(13-31-35)12-28-24(33-26)22-23(19-8-9-19)29-15-30-27(22)36-4/h6-7,10-15,17,19H,5,8-9H2,1-4H3/t17-/m1/s1. The van der Waals surface area contributed by atoms with Crippen LogP contribution in [0, 0.1) is 6.92 Å². The van der Waals surface area contributed by atoms with Crippen LogP contribution in [-0.4, -0.2) is 46.4 Å². The third-order valence-corrected chi connectivity index (χ3v) is 6.81. The Hall–Kier alpha value is -4.14. The second-order valence-electron chi connectivity index (χ2n) is 9.27. The lowest BCUT2D eigenvalue weighted by atomic mass is 10.1. The summed E-state index contributed by atoms with van der Waals surface area (Å²) in [7, 11) is 1.62. The van der Waals surface area contributed by atoms with Crippen LogP contribution >= 0.6 is 0 Å². The van der Waals surface area contributed by atoms with Crippen LogP contribution in [0.3, 0.4) is 0 Å². The average molecular weight is 481 g/mol. The zero-order chi connectivity index (χ0) is 24.8. The SMILES string of the molecule is CCn1cc(C)nc1-c1ccc([C@@H](C)n2ncc3cnc(-c4c(OC)ncnc4C4CC4)nc32)cc1. The van der Waals surface area contributed by atoms with Crippen LogP contribution in [0.4, 0.5) is 0 Å². The molecule has 1 aliphatic carbocycles. The van der Waals surface area contributed by atoms with E-state index in [1.807, 2.05) is 24.0 Å². The van der Waals surface area contributed by atoms with E-state index < -0.39 is 0 Å². The van der Waals surface area contributed by atoms with Crippen LogP contribution in [0.2, 0.25) is 0 Å². The summed E-state index contributed by atoms with van der Waals surface area (Å²) < 4.78 is 9.68. The van der Waals surface area contributed by atoms with Gasteiger partial charge in [0, 0.05) is 30.4 Å². The molecule has 6 rings (SSSR count). The molecule has 0 spiro atoms. The third-order valence-electron chi connectivity index (χ3n) is 6.81. The van der Waals surface area contributed by atoms with E-state index in [2.05, 4.69) is 68.9 Å². The number of fused-ring (bicyclic) bond motifs is 1. The summed E-state index contributed by atoms with van der Waals surface area (Å²) in [4.78, 5) is 23.1. The molecule has 0 N–H and O–H groups in total. The molecule has 5 aromatic rings. The fraction of sp³-hybridized carbons (Fsp3) is 0.333. The van der Waals surface area contributed by atoms with E-state index in [0.717, 1.165) is 64.3 Å². The second-order valence-corrected chi connectivity index (χ2v) is 9.27. The van der Waals surface area contributed by atoms with E-state index >= 15 is 0 Å². The lowest BCUT2D eigenvalue weighted by molar-refractivity contribution is 0.397. The van der Waals surface area contributed by atoms with E-state index in [1.54, 1.807) is 13.4 Å². The van der Waals surface area contributed by atoms with Gasteiger partial charge in [-0.15, -0.1) is 0 Å². The molecule has 0 aliphatic heterocycles. The van der Waals surface area contributed by atoms with Crippen molar-refractivity contribution in [2.45, 2.75) is 52.1 Å². The van der Waals surface area contributed by atoms with Gasteiger partial charge < -0.3 is 9.30 Å². The van der Waals surface area contributed by atoms with Gasteiger partial charge >= 0.3 is 0 Å². The first-order valence-electron chi connectivity index (χ1n) is 12.3. The Morgan fingerprint density at radius 1 is 1.06 bits per heavy atom. The van der Waals surface area contributed by atoms with Crippen LogP contribution in [0.1, 0.15) is 55.6 Å². The normalized spacial score (nSPS) is 14.3. The van der Waals surface area contributed by atoms with Crippen molar-refractivity contribution >= 4 is 11.0 Å². The number of benzene rings is 1. The van der Waals surface area contributed by atoms with E-state index in [9.17, 15) is 0 Å². The first-order chi connectivity index (χ1) is 17.6.